The van der Waals surface area contributed by atoms with Gasteiger partial charge in [-0.15, -0.1) is 11.3 Å². The molecule has 3 aliphatic heterocycles. The van der Waals surface area contributed by atoms with Crippen LogP contribution in [0.25, 0.3) is 5.57 Å². The van der Waals surface area contributed by atoms with E-state index in [9.17, 15) is 14.4 Å². The molecule has 3 aliphatic rings. The highest BCUT2D eigenvalue weighted by molar-refractivity contribution is 7.12. The normalized spacial score (nSPS) is 24.6. The fourth-order valence-electron chi connectivity index (χ4n) is 6.85. The van der Waals surface area contributed by atoms with Gasteiger partial charge in [0.15, 0.2) is 11.6 Å². The number of thiophene rings is 1. The number of rotatable bonds is 4. The van der Waals surface area contributed by atoms with Crippen molar-refractivity contribution in [2.75, 3.05) is 10.2 Å². The molecular weight excluding hydrogens is 504 g/mol. The Morgan fingerprint density at radius 2 is 1.62 bits per heavy atom. The first-order chi connectivity index (χ1) is 18.9. The van der Waals surface area contributed by atoms with Gasteiger partial charge in [-0.05, 0) is 48.6 Å². The number of anilines is 2. The maximum Gasteiger partial charge on any atom is 0.238 e. The second-order valence-corrected chi connectivity index (χ2v) is 11.5. The molecule has 0 unspecified atom stereocenters. The molecule has 7 rings (SSSR count). The van der Waals surface area contributed by atoms with Crippen LogP contribution in [0.5, 0.6) is 0 Å². The van der Waals surface area contributed by atoms with Crippen LogP contribution >= 0.6 is 11.3 Å². The number of fused-ring (bicyclic) bond motifs is 6. The zero-order valence-corrected chi connectivity index (χ0v) is 22.4. The Labute approximate surface area is 230 Å². The van der Waals surface area contributed by atoms with Gasteiger partial charge in [0.25, 0.3) is 0 Å². The van der Waals surface area contributed by atoms with Crippen molar-refractivity contribution in [2.24, 2.45) is 5.92 Å². The number of allylic oxidation sites excluding steroid dienone is 1. The number of hydrogen-bond donors (Lipinski definition) is 1. The van der Waals surface area contributed by atoms with Crippen molar-refractivity contribution in [3.05, 3.63) is 124 Å². The fourth-order valence-corrected chi connectivity index (χ4v) is 7.55. The molecule has 0 saturated carbocycles. The molecule has 39 heavy (non-hydrogen) atoms. The third kappa shape index (κ3) is 3.21. The van der Waals surface area contributed by atoms with Gasteiger partial charge in [0.05, 0.1) is 16.8 Å². The first-order valence-corrected chi connectivity index (χ1v) is 14.0. The minimum Gasteiger partial charge on any atom is -0.352 e. The zero-order chi connectivity index (χ0) is 26.9. The minimum atomic E-state index is -1.29. The number of ketones is 2. The van der Waals surface area contributed by atoms with Gasteiger partial charge in [-0.25, -0.2) is 0 Å². The van der Waals surface area contributed by atoms with Gasteiger partial charge in [0.2, 0.25) is 5.91 Å². The molecule has 1 aromatic heterocycles. The number of carbonyl (C=O) groups excluding carboxylic acids is 3. The predicted octanol–water partition coefficient (Wildman–Crippen LogP) is 6.30. The molecule has 1 amide bonds. The smallest absolute Gasteiger partial charge is 0.238 e. The van der Waals surface area contributed by atoms with Crippen LogP contribution in [0.1, 0.15) is 43.6 Å². The summed E-state index contributed by atoms with van der Waals surface area (Å²) in [6.07, 6.45) is 2.08. The number of amides is 1. The lowest BCUT2D eigenvalue weighted by atomic mass is 9.64. The summed E-state index contributed by atoms with van der Waals surface area (Å²) in [5.41, 5.74) is 4.60. The van der Waals surface area contributed by atoms with Crippen molar-refractivity contribution in [1.82, 2.24) is 0 Å². The van der Waals surface area contributed by atoms with Crippen LogP contribution in [0.15, 0.2) is 96.4 Å². The molecule has 192 valence electrons. The lowest BCUT2D eigenvalue weighted by Gasteiger charge is -2.39. The average Bonchev–Trinajstić information content (AvgIpc) is 3.66. The molecule has 5 nitrogen and oxygen atoms in total. The lowest BCUT2D eigenvalue weighted by molar-refractivity contribution is -0.121. The summed E-state index contributed by atoms with van der Waals surface area (Å²) in [5.74, 6) is -1.53. The highest BCUT2D eigenvalue weighted by Gasteiger charge is 2.70. The largest absolute Gasteiger partial charge is 0.352 e. The summed E-state index contributed by atoms with van der Waals surface area (Å²) in [6.45, 7) is 4.01. The maximum absolute atomic E-state index is 14.7. The number of Topliss-reactive ketones (excluding diaryl/α,β-unsaturated/α-hetero) is 2. The topological polar surface area (TPSA) is 66.5 Å². The van der Waals surface area contributed by atoms with Gasteiger partial charge in [-0.1, -0.05) is 78.4 Å². The zero-order valence-electron chi connectivity index (χ0n) is 21.5. The highest BCUT2D eigenvalue weighted by Crippen LogP contribution is 2.58. The summed E-state index contributed by atoms with van der Waals surface area (Å²) in [4.78, 5) is 46.2. The molecule has 4 atom stereocenters. The molecule has 0 bridgehead atoms. The lowest BCUT2D eigenvalue weighted by Crippen LogP contribution is -2.51. The van der Waals surface area contributed by atoms with Crippen LogP contribution in [-0.2, 0) is 10.2 Å². The predicted molar refractivity (Wildman–Crippen MR) is 155 cm³/mol. The Morgan fingerprint density at radius 3 is 2.38 bits per heavy atom. The third-order valence-corrected chi connectivity index (χ3v) is 9.42. The molecule has 4 heterocycles. The van der Waals surface area contributed by atoms with Gasteiger partial charge in [0, 0.05) is 22.5 Å². The van der Waals surface area contributed by atoms with Crippen LogP contribution in [-0.4, -0.2) is 29.6 Å². The van der Waals surface area contributed by atoms with Crippen molar-refractivity contribution in [1.29, 1.82) is 0 Å². The van der Waals surface area contributed by atoms with E-state index in [-0.39, 0.29) is 17.5 Å². The second-order valence-electron chi connectivity index (χ2n) is 10.6. The van der Waals surface area contributed by atoms with E-state index < -0.39 is 23.4 Å². The van der Waals surface area contributed by atoms with Crippen LogP contribution in [0, 0.1) is 12.8 Å². The number of carbonyl (C=O) groups is 3. The second kappa shape index (κ2) is 8.61. The minimum absolute atomic E-state index is 0.141. The molecule has 4 aromatic rings. The molecule has 1 saturated heterocycles. The van der Waals surface area contributed by atoms with Gasteiger partial charge >= 0.3 is 0 Å². The highest BCUT2D eigenvalue weighted by atomic mass is 32.1. The first kappa shape index (κ1) is 23.8. The van der Waals surface area contributed by atoms with Gasteiger partial charge in [-0.3, -0.25) is 14.4 Å². The van der Waals surface area contributed by atoms with E-state index in [1.54, 1.807) is 6.07 Å². The molecular formula is C33H26N2O3S. The van der Waals surface area contributed by atoms with Gasteiger partial charge in [0.1, 0.15) is 11.5 Å². The van der Waals surface area contributed by atoms with Gasteiger partial charge < -0.3 is 10.2 Å². The van der Waals surface area contributed by atoms with Crippen molar-refractivity contribution in [2.45, 2.75) is 31.3 Å². The summed E-state index contributed by atoms with van der Waals surface area (Å²) in [6, 6.07) is 25.2. The van der Waals surface area contributed by atoms with Crippen molar-refractivity contribution in [3.8, 4) is 0 Å². The van der Waals surface area contributed by atoms with Crippen LogP contribution < -0.4 is 10.2 Å². The molecule has 6 heteroatoms. The number of aryl methyl sites for hydroxylation is 1. The SMILES string of the molecule is CC1=C[C@@H]2N(c3ccccc31)[C@H](C(=O)c1cccs1)[C@H](C(=O)c1ccc(C)cc1)[C@]21C(=O)Nc2ccccc21. The van der Waals surface area contributed by atoms with Crippen molar-refractivity contribution < 1.29 is 14.4 Å². The number of para-hydroxylation sites is 2. The van der Waals surface area contributed by atoms with Crippen LogP contribution in [0.3, 0.4) is 0 Å². The Bertz CT molecular complexity index is 1690. The van der Waals surface area contributed by atoms with E-state index in [4.69, 9.17) is 0 Å². The Hall–Kier alpha value is -4.29. The summed E-state index contributed by atoms with van der Waals surface area (Å²) >= 11 is 1.36. The van der Waals surface area contributed by atoms with E-state index in [1.807, 2.05) is 98.1 Å². The van der Waals surface area contributed by atoms with Crippen molar-refractivity contribution in [3.63, 3.8) is 0 Å². The van der Waals surface area contributed by atoms with E-state index in [0.717, 1.165) is 28.0 Å². The Kier molecular flexibility index (Phi) is 5.26. The molecule has 1 N–H and O–H groups in total. The van der Waals surface area contributed by atoms with Gasteiger partial charge in [-0.2, -0.15) is 0 Å². The van der Waals surface area contributed by atoms with E-state index >= 15 is 0 Å². The standard InChI is InChI=1S/C33H26N2O3S/c1-19-13-15-21(16-14-19)30(36)28-29(31(37)26-12-7-17-39-26)35-25-11-6-3-8-22(25)20(2)18-27(35)33(28)23-9-4-5-10-24(23)34-32(33)38/h3-18,27-29H,1-2H3,(H,34,38)/t27-,28+,29-,33+/m0/s1. The first-order valence-electron chi connectivity index (χ1n) is 13.1. The van der Waals surface area contributed by atoms with E-state index in [1.165, 1.54) is 11.3 Å². The fraction of sp³-hybridized carbons (Fsp3) is 0.182. The summed E-state index contributed by atoms with van der Waals surface area (Å²) < 4.78 is 0. The maximum atomic E-state index is 14.7. The number of nitrogens with zero attached hydrogens (tertiary/aromatic N) is 1. The molecule has 0 aliphatic carbocycles. The molecule has 0 radical (unpaired) electrons. The van der Waals surface area contributed by atoms with E-state index in [0.29, 0.717) is 16.1 Å². The average molecular weight is 531 g/mol. The molecule has 3 aromatic carbocycles. The monoisotopic (exact) mass is 530 g/mol. The van der Waals surface area contributed by atoms with Crippen LogP contribution in [0.4, 0.5) is 11.4 Å². The Balaban J connectivity index is 1.56. The third-order valence-electron chi connectivity index (χ3n) is 8.53. The number of nitrogens with one attached hydrogen (secondary N) is 1. The summed E-state index contributed by atoms with van der Waals surface area (Å²) in [5, 5.41) is 4.96. The summed E-state index contributed by atoms with van der Waals surface area (Å²) in [7, 11) is 0. The Morgan fingerprint density at radius 1 is 0.872 bits per heavy atom. The van der Waals surface area contributed by atoms with E-state index in [2.05, 4.69) is 16.3 Å². The molecule has 1 fully saturated rings. The molecule has 1 spiro atoms. The number of hydrogen-bond acceptors (Lipinski definition) is 5. The van der Waals surface area contributed by atoms with Crippen molar-refractivity contribution >= 4 is 45.8 Å². The van der Waals surface area contributed by atoms with Crippen LogP contribution in [0.2, 0.25) is 0 Å². The quantitative estimate of drug-likeness (QED) is 0.314. The number of benzene rings is 3.